The van der Waals surface area contributed by atoms with Crippen LogP contribution < -0.4 is 0 Å². The molecule has 0 aromatic carbocycles. The quantitative estimate of drug-likeness (QED) is 0.608. The lowest BCUT2D eigenvalue weighted by atomic mass is 10.4. The van der Waals surface area contributed by atoms with Crippen LogP contribution in [-0.4, -0.2) is 56.3 Å². The van der Waals surface area contributed by atoms with E-state index in [0.29, 0.717) is 0 Å². The molecule has 9 nitrogen and oxygen atoms in total. The Labute approximate surface area is 113 Å². The summed E-state index contributed by atoms with van der Waals surface area (Å²) in [7, 11) is 0. The first-order chi connectivity index (χ1) is 9.70. The summed E-state index contributed by atoms with van der Waals surface area (Å²) < 4.78 is 9.78. The van der Waals surface area contributed by atoms with Gasteiger partial charge in [0.15, 0.2) is 6.10 Å². The van der Waals surface area contributed by atoms with Crippen molar-refractivity contribution in [3.63, 3.8) is 0 Å². The van der Waals surface area contributed by atoms with Crippen molar-refractivity contribution in [2.24, 2.45) is 0 Å². The largest absolute Gasteiger partial charge is 0.456 e. The molecular weight excluding hydrogens is 268 g/mol. The molecule has 0 aliphatic carbocycles. The van der Waals surface area contributed by atoms with Gasteiger partial charge in [0.1, 0.15) is 6.61 Å². The van der Waals surface area contributed by atoms with Crippen molar-refractivity contribution in [3.8, 4) is 0 Å². The zero-order chi connectivity index (χ0) is 14.4. The van der Waals surface area contributed by atoms with Gasteiger partial charge in [-0.05, 0) is 0 Å². The molecule has 0 bridgehead atoms. The normalized spacial score (nSPS) is 11.8. The Bertz CT molecular complexity index is 551. The van der Waals surface area contributed by atoms with Gasteiger partial charge in [0, 0.05) is 24.8 Å². The fourth-order valence-corrected chi connectivity index (χ4v) is 1.32. The molecule has 20 heavy (non-hydrogen) atoms. The van der Waals surface area contributed by atoms with Gasteiger partial charge < -0.3 is 24.5 Å². The highest BCUT2D eigenvalue weighted by Crippen LogP contribution is 2.01. The van der Waals surface area contributed by atoms with Crippen molar-refractivity contribution in [2.45, 2.75) is 6.10 Å². The molecule has 2 aromatic heterocycles. The Morgan fingerprint density at radius 2 is 1.75 bits per heavy atom. The fourth-order valence-electron chi connectivity index (χ4n) is 1.32. The highest BCUT2D eigenvalue weighted by Gasteiger charge is 2.19. The van der Waals surface area contributed by atoms with E-state index >= 15 is 0 Å². The number of hydrogen-bond donors (Lipinski definition) is 3. The number of nitrogens with zero attached hydrogens (tertiary/aromatic N) is 2. The topological polar surface area (TPSA) is 130 Å². The fraction of sp³-hybridized carbons (Fsp3) is 0.273. The van der Waals surface area contributed by atoms with E-state index in [1.165, 1.54) is 24.8 Å². The van der Waals surface area contributed by atoms with Gasteiger partial charge in [0.05, 0.1) is 6.61 Å². The van der Waals surface area contributed by atoms with Crippen LogP contribution in [0.25, 0.3) is 0 Å². The number of carbonyl (C=O) groups excluding carboxylic acids is 2. The molecule has 2 rings (SSSR count). The van der Waals surface area contributed by atoms with Crippen molar-refractivity contribution < 1.29 is 24.2 Å². The van der Waals surface area contributed by atoms with Crippen LogP contribution in [0.3, 0.4) is 0 Å². The Hall–Kier alpha value is -2.68. The zero-order valence-corrected chi connectivity index (χ0v) is 10.3. The van der Waals surface area contributed by atoms with Gasteiger partial charge >= 0.3 is 11.9 Å². The molecule has 0 amide bonds. The predicted octanol–water partition coefficient (Wildman–Crippen LogP) is -0.493. The van der Waals surface area contributed by atoms with E-state index in [1.54, 1.807) is 0 Å². The van der Waals surface area contributed by atoms with E-state index in [-0.39, 0.29) is 18.3 Å². The summed E-state index contributed by atoms with van der Waals surface area (Å²) in [6.45, 7) is -0.777. The number of H-pyrrole nitrogens is 2. The molecule has 0 unspecified atom stereocenters. The summed E-state index contributed by atoms with van der Waals surface area (Å²) in [6.07, 6.45) is 4.74. The second-order valence-electron chi connectivity index (χ2n) is 3.68. The number of rotatable bonds is 6. The van der Waals surface area contributed by atoms with Gasteiger partial charge in [-0.2, -0.15) is 0 Å². The van der Waals surface area contributed by atoms with Crippen LogP contribution in [0.5, 0.6) is 0 Å². The Morgan fingerprint density at radius 1 is 1.15 bits per heavy atom. The number of imidazole rings is 2. The third-order valence-electron chi connectivity index (χ3n) is 2.26. The molecule has 106 valence electrons. The maximum Gasteiger partial charge on any atom is 0.374 e. The van der Waals surface area contributed by atoms with Gasteiger partial charge in [0.2, 0.25) is 11.6 Å². The number of aromatic nitrogens is 4. The smallest absolute Gasteiger partial charge is 0.374 e. The molecule has 0 fully saturated rings. The number of aliphatic hydroxyl groups is 1. The minimum Gasteiger partial charge on any atom is -0.456 e. The third-order valence-corrected chi connectivity index (χ3v) is 2.26. The molecule has 0 spiro atoms. The van der Waals surface area contributed by atoms with Gasteiger partial charge in [-0.1, -0.05) is 0 Å². The molecule has 0 saturated carbocycles. The third kappa shape index (κ3) is 3.42. The highest BCUT2D eigenvalue weighted by molar-refractivity contribution is 5.86. The van der Waals surface area contributed by atoms with E-state index in [2.05, 4.69) is 19.9 Å². The van der Waals surface area contributed by atoms with E-state index in [0.717, 1.165) is 0 Å². The van der Waals surface area contributed by atoms with Crippen molar-refractivity contribution >= 4 is 11.9 Å². The van der Waals surface area contributed by atoms with Crippen LogP contribution in [0.15, 0.2) is 24.8 Å². The number of ether oxygens (including phenoxy) is 2. The molecule has 2 aromatic rings. The molecule has 0 aliphatic heterocycles. The molecule has 9 heteroatoms. The first-order valence-corrected chi connectivity index (χ1v) is 5.68. The van der Waals surface area contributed by atoms with Crippen molar-refractivity contribution in [3.05, 3.63) is 36.4 Å². The average Bonchev–Trinajstić information content (AvgIpc) is 3.15. The van der Waals surface area contributed by atoms with E-state index in [4.69, 9.17) is 14.6 Å². The lowest BCUT2D eigenvalue weighted by molar-refractivity contribution is -0.0181. The van der Waals surface area contributed by atoms with E-state index in [9.17, 15) is 9.59 Å². The minimum atomic E-state index is -0.980. The summed E-state index contributed by atoms with van der Waals surface area (Å²) >= 11 is 0. The SMILES string of the molecule is O=C(OC[C@H](CO)OC(=O)c1ncc[nH]1)c1ncc[nH]1. The second-order valence-corrected chi connectivity index (χ2v) is 3.68. The van der Waals surface area contributed by atoms with Crippen LogP contribution in [0.4, 0.5) is 0 Å². The summed E-state index contributed by atoms with van der Waals surface area (Å²) in [4.78, 5) is 35.6. The molecule has 2 heterocycles. The summed E-state index contributed by atoms with van der Waals surface area (Å²) in [6, 6.07) is 0. The summed E-state index contributed by atoms with van der Waals surface area (Å²) in [5.41, 5.74) is 0. The summed E-state index contributed by atoms with van der Waals surface area (Å²) in [5, 5.41) is 9.09. The number of carbonyl (C=O) groups is 2. The number of hydrogen-bond acceptors (Lipinski definition) is 7. The van der Waals surface area contributed by atoms with Gasteiger partial charge in [-0.15, -0.1) is 0 Å². The molecule has 0 aliphatic rings. The van der Waals surface area contributed by atoms with E-state index < -0.39 is 24.6 Å². The number of nitrogens with one attached hydrogen (secondary N) is 2. The Morgan fingerprint density at radius 3 is 2.25 bits per heavy atom. The van der Waals surface area contributed by atoms with Crippen LogP contribution in [0, 0.1) is 0 Å². The lowest BCUT2D eigenvalue weighted by Gasteiger charge is -2.14. The average molecular weight is 280 g/mol. The molecule has 1 atom stereocenters. The van der Waals surface area contributed by atoms with Gasteiger partial charge in [-0.3, -0.25) is 0 Å². The maximum atomic E-state index is 11.6. The molecule has 3 N–H and O–H groups in total. The van der Waals surface area contributed by atoms with Crippen LogP contribution in [0.2, 0.25) is 0 Å². The van der Waals surface area contributed by atoms with Gasteiger partial charge in [0.25, 0.3) is 0 Å². The second kappa shape index (κ2) is 6.48. The summed E-state index contributed by atoms with van der Waals surface area (Å²) in [5.74, 6) is -1.43. The highest BCUT2D eigenvalue weighted by atomic mass is 16.6. The number of aliphatic hydroxyl groups excluding tert-OH is 1. The Kier molecular flexibility index (Phi) is 4.45. The Balaban J connectivity index is 1.83. The van der Waals surface area contributed by atoms with Crippen molar-refractivity contribution in [1.29, 1.82) is 0 Å². The number of esters is 2. The number of aromatic amines is 2. The van der Waals surface area contributed by atoms with Crippen LogP contribution in [-0.2, 0) is 9.47 Å². The van der Waals surface area contributed by atoms with Gasteiger partial charge in [-0.25, -0.2) is 19.6 Å². The first-order valence-electron chi connectivity index (χ1n) is 5.68. The predicted molar refractivity (Wildman–Crippen MR) is 63.7 cm³/mol. The maximum absolute atomic E-state index is 11.6. The standard InChI is InChI=1S/C11H12N4O5/c16-5-7(20-11(18)9-14-3-4-15-9)6-19-10(17)8-12-1-2-13-8/h1-4,7,16H,5-6H2,(H,12,13)(H,14,15)/t7-/m0/s1. The minimum absolute atomic E-state index is 0.000751. The molecule has 0 saturated heterocycles. The van der Waals surface area contributed by atoms with Crippen LogP contribution >= 0.6 is 0 Å². The zero-order valence-electron chi connectivity index (χ0n) is 10.3. The monoisotopic (exact) mass is 280 g/mol. The van der Waals surface area contributed by atoms with E-state index in [1.807, 2.05) is 0 Å². The molecule has 0 radical (unpaired) electrons. The first kappa shape index (κ1) is 13.7. The van der Waals surface area contributed by atoms with Crippen molar-refractivity contribution in [1.82, 2.24) is 19.9 Å². The van der Waals surface area contributed by atoms with Crippen molar-refractivity contribution in [2.75, 3.05) is 13.2 Å². The molecular formula is C11H12N4O5. The lowest BCUT2D eigenvalue weighted by Crippen LogP contribution is -2.29. The van der Waals surface area contributed by atoms with Crippen LogP contribution in [0.1, 0.15) is 21.2 Å².